The van der Waals surface area contributed by atoms with Gasteiger partial charge >= 0.3 is 0 Å². The summed E-state index contributed by atoms with van der Waals surface area (Å²) in [5.74, 6) is -1.41. The fourth-order valence-corrected chi connectivity index (χ4v) is 3.40. The van der Waals surface area contributed by atoms with Crippen LogP contribution in [0.25, 0.3) is 0 Å². The number of nitro groups is 1. The highest BCUT2D eigenvalue weighted by Gasteiger charge is 2.21. The lowest BCUT2D eigenvalue weighted by Gasteiger charge is -2.10. The molecule has 1 aromatic carbocycles. The maximum atomic E-state index is 13.9. The van der Waals surface area contributed by atoms with Crippen molar-refractivity contribution in [3.05, 3.63) is 73.1 Å². The minimum atomic E-state index is -0.591. The van der Waals surface area contributed by atoms with Gasteiger partial charge in [0.25, 0.3) is 11.6 Å². The maximum absolute atomic E-state index is 13.9. The fourth-order valence-electron chi connectivity index (χ4n) is 2.52. The first kappa shape index (κ1) is 18.6. The maximum Gasteiger partial charge on any atom is 0.283 e. The number of anilines is 1. The summed E-state index contributed by atoms with van der Waals surface area (Å²) in [7, 11) is 0. The molecule has 0 aliphatic carbocycles. The molecule has 0 radical (unpaired) electrons. The molecule has 1 amide bonds. The van der Waals surface area contributed by atoms with E-state index in [0.29, 0.717) is 16.3 Å². The van der Waals surface area contributed by atoms with E-state index in [1.54, 1.807) is 13.8 Å². The van der Waals surface area contributed by atoms with Crippen molar-refractivity contribution in [1.82, 2.24) is 9.78 Å². The molecule has 3 rings (SSSR count). The fraction of sp³-hybridized carbons (Fsp3) is 0.176. The molecule has 7 nitrogen and oxygen atoms in total. The Labute approximate surface area is 156 Å². The van der Waals surface area contributed by atoms with Crippen molar-refractivity contribution in [2.75, 3.05) is 5.32 Å². The molecule has 0 saturated carbocycles. The Morgan fingerprint density at radius 2 is 2.07 bits per heavy atom. The SMILES string of the molecule is Cc1cnn(Cc2cc(F)ccc2F)c1NC(=O)c1cc([N+](=O)[O-])c(C)s1. The molecule has 2 aromatic heterocycles. The van der Waals surface area contributed by atoms with Crippen molar-refractivity contribution in [3.63, 3.8) is 0 Å². The summed E-state index contributed by atoms with van der Waals surface area (Å²) in [4.78, 5) is 23.5. The first-order chi connectivity index (χ1) is 12.8. The molecule has 0 atom stereocenters. The average molecular weight is 392 g/mol. The summed E-state index contributed by atoms with van der Waals surface area (Å²) in [6.45, 7) is 3.17. The van der Waals surface area contributed by atoms with Crippen molar-refractivity contribution < 1.29 is 18.5 Å². The quantitative estimate of drug-likeness (QED) is 0.524. The van der Waals surface area contributed by atoms with Crippen LogP contribution in [0.2, 0.25) is 0 Å². The molecule has 27 heavy (non-hydrogen) atoms. The van der Waals surface area contributed by atoms with E-state index in [9.17, 15) is 23.7 Å². The second-order valence-electron chi connectivity index (χ2n) is 5.83. The largest absolute Gasteiger partial charge is 0.306 e. The molecule has 0 unspecified atom stereocenters. The Morgan fingerprint density at radius 3 is 2.74 bits per heavy atom. The van der Waals surface area contributed by atoms with Crippen molar-refractivity contribution in [2.24, 2.45) is 0 Å². The van der Waals surface area contributed by atoms with E-state index in [1.165, 1.54) is 16.9 Å². The number of halogens is 2. The Balaban J connectivity index is 1.86. The van der Waals surface area contributed by atoms with Gasteiger partial charge in [0.15, 0.2) is 0 Å². The molecule has 1 N–H and O–H groups in total. The van der Waals surface area contributed by atoms with Crippen molar-refractivity contribution in [2.45, 2.75) is 20.4 Å². The van der Waals surface area contributed by atoms with Crippen LogP contribution < -0.4 is 5.32 Å². The van der Waals surface area contributed by atoms with Gasteiger partial charge in [0.05, 0.1) is 27.4 Å². The molecule has 0 saturated heterocycles. The van der Waals surface area contributed by atoms with Gasteiger partial charge in [-0.3, -0.25) is 14.9 Å². The molecule has 0 spiro atoms. The van der Waals surface area contributed by atoms with E-state index in [1.807, 2.05) is 0 Å². The summed E-state index contributed by atoms with van der Waals surface area (Å²) in [5.41, 5.74) is 0.566. The first-order valence-electron chi connectivity index (χ1n) is 7.78. The summed E-state index contributed by atoms with van der Waals surface area (Å²) in [5, 5.41) is 17.7. The van der Waals surface area contributed by atoms with Crippen LogP contribution in [0.15, 0.2) is 30.5 Å². The number of nitrogens with one attached hydrogen (secondary N) is 1. The molecule has 140 valence electrons. The van der Waals surface area contributed by atoms with Crippen LogP contribution in [0.4, 0.5) is 20.3 Å². The number of thiophene rings is 1. The Kier molecular flexibility index (Phi) is 5.00. The third kappa shape index (κ3) is 3.85. The van der Waals surface area contributed by atoms with Crippen LogP contribution in [0.1, 0.15) is 25.7 Å². The Hall–Kier alpha value is -3.14. The highest BCUT2D eigenvalue weighted by Crippen LogP contribution is 2.29. The monoisotopic (exact) mass is 392 g/mol. The van der Waals surface area contributed by atoms with Crippen molar-refractivity contribution >= 4 is 28.7 Å². The standard InChI is InChI=1S/C17H14F2N4O3S/c1-9-7-20-22(8-11-5-12(18)3-4-13(11)19)16(9)21-17(24)15-6-14(23(25)26)10(2)27-15/h3-7H,8H2,1-2H3,(H,21,24). The highest BCUT2D eigenvalue weighted by molar-refractivity contribution is 7.14. The second kappa shape index (κ2) is 7.23. The first-order valence-corrected chi connectivity index (χ1v) is 8.60. The smallest absolute Gasteiger partial charge is 0.283 e. The number of hydrogen-bond donors (Lipinski definition) is 1. The van der Waals surface area contributed by atoms with E-state index >= 15 is 0 Å². The summed E-state index contributed by atoms with van der Waals surface area (Å²) in [6.07, 6.45) is 1.48. The predicted molar refractivity (Wildman–Crippen MR) is 96.1 cm³/mol. The summed E-state index contributed by atoms with van der Waals surface area (Å²) in [6, 6.07) is 4.30. The van der Waals surface area contributed by atoms with Crippen LogP contribution in [-0.4, -0.2) is 20.6 Å². The van der Waals surface area contributed by atoms with Crippen LogP contribution in [0, 0.1) is 35.6 Å². The van der Waals surface area contributed by atoms with E-state index < -0.39 is 22.5 Å². The van der Waals surface area contributed by atoms with E-state index in [4.69, 9.17) is 0 Å². The number of carbonyl (C=O) groups is 1. The minimum absolute atomic E-state index is 0.0798. The predicted octanol–water partition coefficient (Wildman–Crippen LogP) is 4.05. The molecule has 3 aromatic rings. The third-order valence-corrected chi connectivity index (χ3v) is 4.93. The van der Waals surface area contributed by atoms with Gasteiger partial charge < -0.3 is 5.32 Å². The van der Waals surface area contributed by atoms with Gasteiger partial charge in [-0.15, -0.1) is 11.3 Å². The van der Waals surface area contributed by atoms with Gasteiger partial charge in [0.2, 0.25) is 0 Å². The molecule has 0 aliphatic heterocycles. The molecule has 0 bridgehead atoms. The summed E-state index contributed by atoms with van der Waals surface area (Å²) >= 11 is 1.000. The normalized spacial score (nSPS) is 10.8. The average Bonchev–Trinajstić information content (AvgIpc) is 3.15. The highest BCUT2D eigenvalue weighted by atomic mass is 32.1. The van der Waals surface area contributed by atoms with E-state index in [-0.39, 0.29) is 22.7 Å². The van der Waals surface area contributed by atoms with Gasteiger partial charge in [-0.05, 0) is 32.0 Å². The van der Waals surface area contributed by atoms with Gasteiger partial charge in [0.1, 0.15) is 17.5 Å². The molecule has 0 fully saturated rings. The number of rotatable bonds is 5. The zero-order chi connectivity index (χ0) is 19.7. The Bertz CT molecular complexity index is 1040. The molecule has 2 heterocycles. The van der Waals surface area contributed by atoms with E-state index in [0.717, 1.165) is 29.5 Å². The third-order valence-electron chi connectivity index (χ3n) is 3.89. The number of amides is 1. The van der Waals surface area contributed by atoms with E-state index in [2.05, 4.69) is 10.4 Å². The molecular formula is C17H14F2N4O3S. The number of aromatic nitrogens is 2. The Morgan fingerprint density at radius 1 is 1.33 bits per heavy atom. The van der Waals surface area contributed by atoms with Crippen LogP contribution >= 0.6 is 11.3 Å². The summed E-state index contributed by atoms with van der Waals surface area (Å²) < 4.78 is 28.6. The van der Waals surface area contributed by atoms with Crippen LogP contribution in [0.5, 0.6) is 0 Å². The van der Waals surface area contributed by atoms with Gasteiger partial charge in [-0.25, -0.2) is 13.5 Å². The zero-order valence-corrected chi connectivity index (χ0v) is 15.1. The topological polar surface area (TPSA) is 90.1 Å². The number of benzene rings is 1. The molecular weight excluding hydrogens is 378 g/mol. The number of nitrogens with zero attached hydrogens (tertiary/aromatic N) is 3. The lowest BCUT2D eigenvalue weighted by molar-refractivity contribution is -0.385. The number of carbonyl (C=O) groups excluding carboxylic acids is 1. The van der Waals surface area contributed by atoms with Gasteiger partial charge in [-0.1, -0.05) is 0 Å². The minimum Gasteiger partial charge on any atom is -0.306 e. The lowest BCUT2D eigenvalue weighted by atomic mass is 10.2. The zero-order valence-electron chi connectivity index (χ0n) is 14.3. The second-order valence-corrected chi connectivity index (χ2v) is 7.09. The van der Waals surface area contributed by atoms with Gasteiger partial charge in [-0.2, -0.15) is 5.10 Å². The van der Waals surface area contributed by atoms with Crippen molar-refractivity contribution in [3.8, 4) is 0 Å². The lowest BCUT2D eigenvalue weighted by Crippen LogP contribution is -2.16. The van der Waals surface area contributed by atoms with Crippen LogP contribution in [0.3, 0.4) is 0 Å². The number of aryl methyl sites for hydroxylation is 2. The molecule has 0 aliphatic rings. The van der Waals surface area contributed by atoms with Gasteiger partial charge in [0, 0.05) is 17.2 Å². The molecule has 10 heteroatoms. The number of hydrogen-bond acceptors (Lipinski definition) is 5. The van der Waals surface area contributed by atoms with Crippen LogP contribution in [-0.2, 0) is 6.54 Å². The van der Waals surface area contributed by atoms with Crippen molar-refractivity contribution in [1.29, 1.82) is 0 Å².